The first-order valence-electron chi connectivity index (χ1n) is 29.0. The second-order valence-electron chi connectivity index (χ2n) is 21.6. The maximum absolute atomic E-state index is 15.2. The summed E-state index contributed by atoms with van der Waals surface area (Å²) in [7, 11) is 1.05. The fourth-order valence-corrected chi connectivity index (χ4v) is 9.94. The molecule has 502 valence electrons. The molecule has 38 nitrogen and oxygen atoms in total. The summed E-state index contributed by atoms with van der Waals surface area (Å²) in [6.45, 7) is -3.80. The molecule has 0 unspecified atom stereocenters. The summed E-state index contributed by atoms with van der Waals surface area (Å²) in [6, 6.07) is 6.75. The summed E-state index contributed by atoms with van der Waals surface area (Å²) >= 11 is 0. The summed E-state index contributed by atoms with van der Waals surface area (Å²) < 4.78 is 2.34. The van der Waals surface area contributed by atoms with Gasteiger partial charge >= 0.3 is 22.8 Å². The van der Waals surface area contributed by atoms with Crippen molar-refractivity contribution >= 4 is 91.9 Å². The number of likely N-dealkylation sites (N-methyl/N-ethyl adjacent to an activating group) is 1. The van der Waals surface area contributed by atoms with E-state index in [4.69, 9.17) is 28.0 Å². The highest BCUT2D eigenvalue weighted by atomic mass is 16.2. The number of carbonyl (C=O) groups excluding carboxylic acids is 8. The third kappa shape index (κ3) is 18.3. The number of fused-ring (bicyclic) bond motifs is 3. The molecule has 0 aliphatic rings. The molecule has 95 heavy (non-hydrogen) atoms. The van der Waals surface area contributed by atoms with Crippen molar-refractivity contribution in [1.29, 1.82) is 10.8 Å². The smallest absolute Gasteiger partial charge is 0.328 e. The van der Waals surface area contributed by atoms with Gasteiger partial charge in [-0.15, -0.1) is 0 Å². The monoisotopic (exact) mass is 1320 g/mol. The molecule has 4 aromatic heterocycles. The van der Waals surface area contributed by atoms with Crippen LogP contribution in [0.4, 0.5) is 0 Å². The van der Waals surface area contributed by atoms with Gasteiger partial charge in [-0.2, -0.15) is 0 Å². The SMILES string of the molecule is CC(=O)N[C@@H](CCCNC(=N)N)C(=O)N[C@@H](Cn1ccc(=O)[nH]c1=O)C(=O)N(C)CC(=O)N[C@@H](Cn1c(=O)[nH]c2ccccc2c1=O)C(=O)N[C@@H](Cn1c(=O)[nH]c2ccccc2c1=O)C(=O)N[C@@H](Cn1c(=O)[nH]c2ccccc2c1=O)C(=O)N[C@@H](CCCNC(=N)N)C(N)=O. The Balaban J connectivity index is 1.27. The minimum absolute atomic E-state index is 0.0158. The molecular formula is C57H68N22O16. The third-order valence-corrected chi connectivity index (χ3v) is 14.7. The Morgan fingerprint density at radius 3 is 1.25 bits per heavy atom. The number of benzene rings is 3. The Morgan fingerprint density at radius 1 is 0.474 bits per heavy atom. The standard InChI is InChI=1S/C57H68N22O16/c1-28(80)65-36(18-10-21-64-53(61)62)44(84)70-40(23-76-22-19-41(81)74-54(76)92)51(91)75(2)27-42(82)66-37(24-77-48(88)29-11-3-6-14-32(29)71-55(77)93)45(85)68-39(26-79-50(90)31-13-5-8-16-34(31)73-57(79)95)47(87)69-38(46(86)67-35(43(58)83)17-9-20-63-52(59)60)25-78-49(89)30-12-4-7-15-33(30)72-56(78)94/h3-8,11-16,19,22,35-40H,9-10,17-18,20-21,23-27H2,1-2H3,(H2,58,83)(H,65,80)(H,66,82)(H,67,86)(H,68,85)(H,69,87)(H,70,84)(H,71,93)(H,72,94)(H,73,95)(H4,59,60,63)(H4,61,62,64)(H,74,81,92)/t35-,36-,37-,38-,39-,40-/m0/s1. The van der Waals surface area contributed by atoms with E-state index in [-0.39, 0.29) is 77.4 Å². The van der Waals surface area contributed by atoms with Crippen LogP contribution in [0.3, 0.4) is 0 Å². The number of hydrogen-bond acceptors (Lipinski definition) is 18. The van der Waals surface area contributed by atoms with Crippen LogP contribution in [0.25, 0.3) is 32.7 Å². The van der Waals surface area contributed by atoms with Crippen LogP contribution in [-0.2, 0) is 64.5 Å². The van der Waals surface area contributed by atoms with Crippen molar-refractivity contribution in [2.45, 2.75) is 95.0 Å². The molecule has 20 N–H and O–H groups in total. The summed E-state index contributed by atoms with van der Waals surface area (Å²) in [5, 5.41) is 33.8. The minimum Gasteiger partial charge on any atom is -0.370 e. The second-order valence-corrected chi connectivity index (χ2v) is 21.6. The summed E-state index contributed by atoms with van der Waals surface area (Å²) in [4.78, 5) is 231. The van der Waals surface area contributed by atoms with Crippen LogP contribution in [0.15, 0.2) is 123 Å². The molecule has 4 heterocycles. The van der Waals surface area contributed by atoms with Gasteiger partial charge in [-0.05, 0) is 62.1 Å². The van der Waals surface area contributed by atoms with Gasteiger partial charge in [0.15, 0.2) is 11.9 Å². The summed E-state index contributed by atoms with van der Waals surface area (Å²) in [6.07, 6.45) is 0.913. The number of primary amides is 1. The first-order chi connectivity index (χ1) is 45.1. The average Bonchev–Trinajstić information content (AvgIpc) is 0.812. The maximum atomic E-state index is 15.2. The van der Waals surface area contributed by atoms with Crippen LogP contribution >= 0.6 is 0 Å². The van der Waals surface area contributed by atoms with E-state index in [0.717, 1.165) is 30.8 Å². The number of guanidine groups is 2. The van der Waals surface area contributed by atoms with Crippen molar-refractivity contribution in [3.05, 3.63) is 168 Å². The van der Waals surface area contributed by atoms with E-state index >= 15 is 9.59 Å². The van der Waals surface area contributed by atoms with E-state index in [1.165, 1.54) is 72.8 Å². The molecule has 0 bridgehead atoms. The molecule has 0 radical (unpaired) electrons. The largest absolute Gasteiger partial charge is 0.370 e. The Bertz CT molecular complexity index is 4660. The van der Waals surface area contributed by atoms with Gasteiger partial charge in [0.25, 0.3) is 22.2 Å². The van der Waals surface area contributed by atoms with Gasteiger partial charge in [-0.3, -0.25) is 91.6 Å². The molecule has 0 saturated carbocycles. The highest BCUT2D eigenvalue weighted by molar-refractivity contribution is 5.97. The van der Waals surface area contributed by atoms with Gasteiger partial charge in [0.1, 0.15) is 36.3 Å². The van der Waals surface area contributed by atoms with E-state index in [1.54, 1.807) is 0 Å². The fourth-order valence-electron chi connectivity index (χ4n) is 9.94. The predicted molar refractivity (Wildman–Crippen MR) is 340 cm³/mol. The van der Waals surface area contributed by atoms with Gasteiger partial charge in [-0.25, -0.2) is 19.2 Å². The highest BCUT2D eigenvalue weighted by Crippen LogP contribution is 2.09. The molecule has 7 rings (SSSR count). The van der Waals surface area contributed by atoms with Gasteiger partial charge in [0.2, 0.25) is 47.3 Å². The number of rotatable bonds is 30. The Labute approximate surface area is 532 Å². The van der Waals surface area contributed by atoms with Crippen molar-refractivity contribution in [3.8, 4) is 0 Å². The zero-order valence-electron chi connectivity index (χ0n) is 50.8. The zero-order chi connectivity index (χ0) is 69.4. The lowest BCUT2D eigenvalue weighted by Crippen LogP contribution is -2.62. The van der Waals surface area contributed by atoms with Crippen LogP contribution in [0.1, 0.15) is 32.6 Å². The normalized spacial score (nSPS) is 13.0. The highest BCUT2D eigenvalue weighted by Gasteiger charge is 2.35. The number of H-pyrrole nitrogens is 4. The topological polar surface area (TPSA) is 581 Å². The van der Waals surface area contributed by atoms with Crippen molar-refractivity contribution < 1.29 is 38.4 Å². The third-order valence-electron chi connectivity index (χ3n) is 14.7. The molecule has 8 amide bonds. The molecule has 6 atom stereocenters. The van der Waals surface area contributed by atoms with E-state index in [1.807, 2.05) is 4.98 Å². The fraction of sp³-hybridized carbons (Fsp3) is 0.333. The van der Waals surface area contributed by atoms with Crippen molar-refractivity contribution in [2.75, 3.05) is 26.7 Å². The van der Waals surface area contributed by atoms with Gasteiger partial charge < -0.3 is 79.6 Å². The first kappa shape index (κ1) is 69.9. The number of nitrogens with one attached hydrogen (secondary N) is 14. The number of aromatic nitrogens is 8. The Morgan fingerprint density at radius 2 is 0.853 bits per heavy atom. The Kier molecular flexibility index (Phi) is 23.2. The zero-order valence-corrected chi connectivity index (χ0v) is 50.8. The number of nitrogens with zero attached hydrogens (tertiary/aromatic N) is 5. The van der Waals surface area contributed by atoms with Crippen molar-refractivity contribution in [1.82, 2.24) is 85.6 Å². The van der Waals surface area contributed by atoms with E-state index in [9.17, 15) is 67.1 Å². The molecule has 0 spiro atoms. The van der Waals surface area contributed by atoms with Gasteiger partial charge in [-0.1, -0.05) is 36.4 Å². The van der Waals surface area contributed by atoms with Crippen LogP contribution in [0.2, 0.25) is 0 Å². The lowest BCUT2D eigenvalue weighted by molar-refractivity contribution is -0.140. The summed E-state index contributed by atoms with van der Waals surface area (Å²) in [5.41, 5.74) is 8.27. The van der Waals surface area contributed by atoms with Crippen LogP contribution < -0.4 is 105 Å². The number of amides is 8. The van der Waals surface area contributed by atoms with Crippen LogP contribution in [0.5, 0.6) is 0 Å². The lowest BCUT2D eigenvalue weighted by Gasteiger charge is -2.28. The predicted octanol–water partition coefficient (Wildman–Crippen LogP) is -7.95. The number of para-hydroxylation sites is 3. The lowest BCUT2D eigenvalue weighted by atomic mass is 10.1. The van der Waals surface area contributed by atoms with E-state index < -0.39 is 167 Å². The summed E-state index contributed by atoms with van der Waals surface area (Å²) in [5.74, 6) is -10.1. The van der Waals surface area contributed by atoms with Crippen molar-refractivity contribution in [2.24, 2.45) is 17.2 Å². The Hall–Kier alpha value is -12.5. The average molecular weight is 1320 g/mol. The number of carbonyl (C=O) groups is 8. The minimum atomic E-state index is -2.27. The quantitative estimate of drug-likeness (QED) is 0.0113. The molecule has 7 aromatic rings. The molecule has 3 aromatic carbocycles. The van der Waals surface area contributed by atoms with Crippen molar-refractivity contribution in [3.63, 3.8) is 0 Å². The van der Waals surface area contributed by atoms with E-state index in [2.05, 4.69) is 57.5 Å². The second kappa shape index (κ2) is 31.5. The maximum Gasteiger partial charge on any atom is 0.328 e. The molecule has 0 fully saturated rings. The van der Waals surface area contributed by atoms with Gasteiger partial charge in [0.05, 0.1) is 65.4 Å². The molecule has 38 heteroatoms. The molecule has 0 saturated heterocycles. The number of hydrogen-bond donors (Lipinski definition) is 17. The number of aromatic amines is 4. The molecule has 0 aliphatic carbocycles. The van der Waals surface area contributed by atoms with Gasteiger partial charge in [0, 0.05) is 39.3 Å². The van der Waals surface area contributed by atoms with Crippen LogP contribution in [0, 0.1) is 10.8 Å². The number of nitrogens with two attached hydrogens (primary N) is 3. The first-order valence-corrected chi connectivity index (χ1v) is 29.0. The molecule has 0 aliphatic heterocycles. The van der Waals surface area contributed by atoms with E-state index in [0.29, 0.717) is 18.6 Å². The van der Waals surface area contributed by atoms with Crippen LogP contribution in [-0.4, -0.2) is 165 Å². The molecular weight excluding hydrogens is 1250 g/mol.